The Balaban J connectivity index is 1.40. The molecule has 7 nitrogen and oxygen atoms in total. The van der Waals surface area contributed by atoms with Gasteiger partial charge >= 0.3 is 0 Å². The number of ether oxygens (including phenoxy) is 1. The molecule has 1 aromatic carbocycles. The Hall–Kier alpha value is -2.83. The number of carbonyl (C=O) groups excluding carboxylic acids is 1. The number of anilines is 1. The van der Waals surface area contributed by atoms with E-state index in [1.807, 2.05) is 18.2 Å². The van der Waals surface area contributed by atoms with Crippen molar-refractivity contribution in [3.63, 3.8) is 0 Å². The molecule has 7 heteroatoms. The number of benzene rings is 1. The van der Waals surface area contributed by atoms with Crippen molar-refractivity contribution in [1.82, 2.24) is 19.3 Å². The number of imidazole rings is 1. The molecule has 0 saturated carbocycles. The Morgan fingerprint density at radius 3 is 3.00 bits per heavy atom. The molecule has 26 heavy (non-hydrogen) atoms. The second-order valence-corrected chi connectivity index (χ2v) is 6.94. The van der Waals surface area contributed by atoms with Crippen molar-refractivity contribution in [3.8, 4) is 5.88 Å². The lowest BCUT2D eigenvalue weighted by Gasteiger charge is -2.13. The fourth-order valence-corrected chi connectivity index (χ4v) is 3.80. The summed E-state index contributed by atoms with van der Waals surface area (Å²) in [5, 5.41) is 7.27. The lowest BCUT2D eigenvalue weighted by Crippen LogP contribution is -2.16. The van der Waals surface area contributed by atoms with Gasteiger partial charge in [-0.25, -0.2) is 9.67 Å². The summed E-state index contributed by atoms with van der Waals surface area (Å²) in [4.78, 5) is 17.3. The van der Waals surface area contributed by atoms with Crippen LogP contribution in [0, 0.1) is 0 Å². The van der Waals surface area contributed by atoms with Crippen LogP contribution in [0.1, 0.15) is 42.0 Å². The van der Waals surface area contributed by atoms with Crippen LogP contribution in [0.5, 0.6) is 5.88 Å². The number of amides is 1. The van der Waals surface area contributed by atoms with Crippen LogP contribution in [0.15, 0.2) is 24.3 Å². The number of hydrogen-bond donors (Lipinski definition) is 1. The normalized spacial score (nSPS) is 16.5. The molecule has 4 heterocycles. The summed E-state index contributed by atoms with van der Waals surface area (Å²) < 4.78 is 9.58. The van der Waals surface area contributed by atoms with Crippen LogP contribution in [0.2, 0.25) is 0 Å². The quantitative estimate of drug-likeness (QED) is 0.770. The third-order valence-electron chi connectivity index (χ3n) is 5.11. The molecule has 0 unspecified atom stereocenters. The first-order valence-corrected chi connectivity index (χ1v) is 9.29. The predicted octanol–water partition coefficient (Wildman–Crippen LogP) is 2.99. The van der Waals surface area contributed by atoms with Gasteiger partial charge in [0.05, 0.1) is 17.6 Å². The van der Waals surface area contributed by atoms with Crippen LogP contribution in [-0.2, 0) is 19.5 Å². The largest absolute Gasteiger partial charge is 0.478 e. The Morgan fingerprint density at radius 2 is 2.08 bits per heavy atom. The fraction of sp³-hybridized carbons (Fsp3) is 0.421. The van der Waals surface area contributed by atoms with Crippen LogP contribution >= 0.6 is 0 Å². The second kappa shape index (κ2) is 6.16. The zero-order chi connectivity index (χ0) is 17.5. The van der Waals surface area contributed by atoms with Crippen molar-refractivity contribution in [2.45, 2.75) is 45.2 Å². The molecule has 2 aromatic heterocycles. The predicted molar refractivity (Wildman–Crippen MR) is 97.6 cm³/mol. The van der Waals surface area contributed by atoms with Gasteiger partial charge in [0.1, 0.15) is 5.82 Å². The highest BCUT2D eigenvalue weighted by molar-refractivity contribution is 6.03. The number of nitrogens with zero attached hydrogens (tertiary/aromatic N) is 4. The molecule has 2 aliphatic rings. The van der Waals surface area contributed by atoms with Crippen LogP contribution in [0.25, 0.3) is 11.0 Å². The van der Waals surface area contributed by atoms with E-state index in [2.05, 4.69) is 15.0 Å². The molecule has 1 N–H and O–H groups in total. The van der Waals surface area contributed by atoms with Gasteiger partial charge in [0.15, 0.2) is 5.69 Å². The van der Waals surface area contributed by atoms with Crippen LogP contribution in [-0.4, -0.2) is 31.8 Å². The minimum atomic E-state index is -0.226. The van der Waals surface area contributed by atoms with E-state index in [0.717, 1.165) is 48.5 Å². The molecule has 1 amide bonds. The number of fused-ring (bicyclic) bond motifs is 4. The summed E-state index contributed by atoms with van der Waals surface area (Å²) in [5.74, 6) is 1.59. The lowest BCUT2D eigenvalue weighted by molar-refractivity contribution is 0.102. The molecule has 0 saturated heterocycles. The summed E-state index contributed by atoms with van der Waals surface area (Å²) in [6.45, 7) is 2.49. The smallest absolute Gasteiger partial charge is 0.276 e. The van der Waals surface area contributed by atoms with Gasteiger partial charge in [0, 0.05) is 37.7 Å². The van der Waals surface area contributed by atoms with Crippen LogP contribution < -0.4 is 10.1 Å². The van der Waals surface area contributed by atoms with E-state index in [1.165, 1.54) is 19.3 Å². The maximum Gasteiger partial charge on any atom is 0.276 e. The summed E-state index contributed by atoms with van der Waals surface area (Å²) in [5.41, 5.74) is 3.20. The van der Waals surface area contributed by atoms with E-state index in [1.54, 1.807) is 10.7 Å². The van der Waals surface area contributed by atoms with Gasteiger partial charge in [-0.15, -0.1) is 0 Å². The summed E-state index contributed by atoms with van der Waals surface area (Å²) >= 11 is 0. The molecule has 0 radical (unpaired) electrons. The Morgan fingerprint density at radius 1 is 1.12 bits per heavy atom. The van der Waals surface area contributed by atoms with Crippen molar-refractivity contribution in [2.75, 3.05) is 11.9 Å². The molecule has 0 bridgehead atoms. The molecular weight excluding hydrogens is 330 g/mol. The fourth-order valence-electron chi connectivity index (χ4n) is 3.80. The minimum Gasteiger partial charge on any atom is -0.478 e. The van der Waals surface area contributed by atoms with Gasteiger partial charge in [-0.2, -0.15) is 5.10 Å². The van der Waals surface area contributed by atoms with E-state index in [0.29, 0.717) is 18.2 Å². The third kappa shape index (κ3) is 2.64. The number of aryl methyl sites for hydroxylation is 3. The standard InChI is InChI=1S/C19H21N5O2/c25-19(15-12-18-24(22-15)9-4-10-26-18)20-13-6-7-16-14(11-13)21-17-5-2-1-3-8-23(16)17/h6-7,11-12H,1-5,8-10H2,(H,20,25). The van der Waals surface area contributed by atoms with E-state index in [9.17, 15) is 4.79 Å². The van der Waals surface area contributed by atoms with Crippen molar-refractivity contribution in [1.29, 1.82) is 0 Å². The van der Waals surface area contributed by atoms with E-state index in [-0.39, 0.29) is 5.91 Å². The highest BCUT2D eigenvalue weighted by Gasteiger charge is 2.19. The lowest BCUT2D eigenvalue weighted by atomic mass is 10.2. The van der Waals surface area contributed by atoms with Crippen LogP contribution in [0.4, 0.5) is 5.69 Å². The average molecular weight is 351 g/mol. The summed E-state index contributed by atoms with van der Waals surface area (Å²) in [6, 6.07) is 7.63. The van der Waals surface area contributed by atoms with Crippen molar-refractivity contribution < 1.29 is 9.53 Å². The SMILES string of the molecule is O=C(Nc1ccc2c(c1)nc1n2CCCCC1)c1cc2n(n1)CCCO2. The van der Waals surface area contributed by atoms with E-state index < -0.39 is 0 Å². The van der Waals surface area contributed by atoms with Gasteiger partial charge in [0.25, 0.3) is 5.91 Å². The number of hydrogen-bond acceptors (Lipinski definition) is 4. The molecule has 0 fully saturated rings. The Labute approximate surface area is 151 Å². The second-order valence-electron chi connectivity index (χ2n) is 6.94. The topological polar surface area (TPSA) is 74.0 Å². The minimum absolute atomic E-state index is 0.226. The third-order valence-corrected chi connectivity index (χ3v) is 5.11. The molecule has 5 rings (SSSR count). The first-order chi connectivity index (χ1) is 12.8. The number of nitrogens with one attached hydrogen (secondary N) is 1. The van der Waals surface area contributed by atoms with Gasteiger partial charge in [0.2, 0.25) is 5.88 Å². The van der Waals surface area contributed by atoms with Crippen molar-refractivity contribution >= 4 is 22.6 Å². The van der Waals surface area contributed by atoms with Gasteiger partial charge in [-0.1, -0.05) is 6.42 Å². The maximum atomic E-state index is 12.5. The van der Waals surface area contributed by atoms with Gasteiger partial charge in [-0.05, 0) is 31.0 Å². The highest BCUT2D eigenvalue weighted by atomic mass is 16.5. The molecule has 0 aliphatic carbocycles. The molecular formula is C19H21N5O2. The first-order valence-electron chi connectivity index (χ1n) is 9.29. The summed E-state index contributed by atoms with van der Waals surface area (Å²) in [6.07, 6.45) is 5.59. The Kier molecular flexibility index (Phi) is 3.65. The zero-order valence-electron chi connectivity index (χ0n) is 14.6. The van der Waals surface area contributed by atoms with Crippen molar-refractivity contribution in [2.24, 2.45) is 0 Å². The maximum absolute atomic E-state index is 12.5. The Bertz CT molecular complexity index is 964. The number of rotatable bonds is 2. The molecule has 134 valence electrons. The average Bonchev–Trinajstić information content (AvgIpc) is 3.15. The number of aromatic nitrogens is 4. The molecule has 2 aliphatic heterocycles. The van der Waals surface area contributed by atoms with Crippen molar-refractivity contribution in [3.05, 3.63) is 35.8 Å². The monoisotopic (exact) mass is 351 g/mol. The zero-order valence-corrected chi connectivity index (χ0v) is 14.6. The highest BCUT2D eigenvalue weighted by Crippen LogP contribution is 2.25. The number of carbonyl (C=O) groups is 1. The molecule has 0 spiro atoms. The van der Waals surface area contributed by atoms with Gasteiger partial charge < -0.3 is 14.6 Å². The van der Waals surface area contributed by atoms with Gasteiger partial charge in [-0.3, -0.25) is 4.79 Å². The van der Waals surface area contributed by atoms with E-state index >= 15 is 0 Å². The van der Waals surface area contributed by atoms with E-state index in [4.69, 9.17) is 9.72 Å². The summed E-state index contributed by atoms with van der Waals surface area (Å²) in [7, 11) is 0. The van der Waals surface area contributed by atoms with Crippen LogP contribution in [0.3, 0.4) is 0 Å². The molecule has 0 atom stereocenters. The first kappa shape index (κ1) is 15.4. The molecule has 3 aromatic rings.